The molecule has 2 aromatic rings. The Bertz CT molecular complexity index is 996. The molecular formula is C22H29F3N8O2. The van der Waals surface area contributed by atoms with E-state index in [0.717, 1.165) is 6.41 Å². The van der Waals surface area contributed by atoms with Crippen molar-refractivity contribution in [3.8, 4) is 6.07 Å². The Kier molecular flexibility index (Phi) is 9.70. The molecule has 35 heavy (non-hydrogen) atoms. The third kappa shape index (κ3) is 9.32. The van der Waals surface area contributed by atoms with Crippen LogP contribution in [0.4, 0.5) is 30.5 Å². The number of carbonyl (C=O) groups is 1. The first-order chi connectivity index (χ1) is 16.4. The van der Waals surface area contributed by atoms with E-state index in [-0.39, 0.29) is 34.5 Å². The summed E-state index contributed by atoms with van der Waals surface area (Å²) in [5.74, 6) is 0.404. The molecule has 3 heterocycles. The van der Waals surface area contributed by atoms with Gasteiger partial charge < -0.3 is 20.3 Å². The number of hydrogen-bond acceptors (Lipinski definition) is 9. The van der Waals surface area contributed by atoms with Gasteiger partial charge in [0.25, 0.3) is 0 Å². The maximum absolute atomic E-state index is 13.3. The number of aromatic nitrogens is 4. The summed E-state index contributed by atoms with van der Waals surface area (Å²) in [6, 6.07) is 3.02. The van der Waals surface area contributed by atoms with E-state index in [2.05, 4.69) is 30.8 Å². The van der Waals surface area contributed by atoms with Gasteiger partial charge in [-0.15, -0.1) is 10.2 Å². The Morgan fingerprint density at radius 3 is 2.31 bits per heavy atom. The van der Waals surface area contributed by atoms with Crippen LogP contribution in [-0.4, -0.2) is 63.8 Å². The molecule has 10 nitrogen and oxygen atoms in total. The second-order valence-corrected chi connectivity index (χ2v) is 8.80. The third-order valence-corrected chi connectivity index (χ3v) is 5.08. The minimum atomic E-state index is -4.66. The Labute approximate surface area is 201 Å². The second kappa shape index (κ2) is 12.3. The number of nitriles is 1. The third-order valence-electron chi connectivity index (χ3n) is 5.08. The van der Waals surface area contributed by atoms with Crippen LogP contribution < -0.4 is 10.6 Å². The van der Waals surface area contributed by atoms with Gasteiger partial charge in [0.1, 0.15) is 11.9 Å². The molecule has 2 N–H and O–H groups in total. The number of hydrogen-bond donors (Lipinski definition) is 2. The van der Waals surface area contributed by atoms with E-state index in [1.165, 1.54) is 18.5 Å². The molecule has 1 amide bonds. The van der Waals surface area contributed by atoms with Crippen molar-refractivity contribution >= 4 is 23.7 Å². The average Bonchev–Trinajstić information content (AvgIpc) is 2.83. The molecule has 0 bridgehead atoms. The molecule has 2 aromatic heterocycles. The fourth-order valence-corrected chi connectivity index (χ4v) is 2.90. The number of ether oxygens (including phenoxy) is 1. The normalized spacial score (nSPS) is 14.4. The van der Waals surface area contributed by atoms with E-state index in [4.69, 9.17) is 10.00 Å². The van der Waals surface area contributed by atoms with Gasteiger partial charge in [-0.05, 0) is 39.5 Å². The number of methoxy groups -OCH3 is 1. The molecule has 1 aliphatic heterocycles. The fraction of sp³-hybridized carbons (Fsp3) is 0.545. The minimum absolute atomic E-state index is 0.0417. The highest BCUT2D eigenvalue weighted by atomic mass is 19.4. The van der Waals surface area contributed by atoms with E-state index < -0.39 is 11.9 Å². The van der Waals surface area contributed by atoms with Crippen molar-refractivity contribution in [3.05, 3.63) is 29.8 Å². The first-order valence-electron chi connectivity index (χ1n) is 10.9. The van der Waals surface area contributed by atoms with Crippen LogP contribution in [0.15, 0.2) is 18.5 Å². The summed E-state index contributed by atoms with van der Waals surface area (Å²) in [4.78, 5) is 20.2. The maximum atomic E-state index is 13.3. The van der Waals surface area contributed by atoms with Crippen LogP contribution in [0.1, 0.15) is 45.0 Å². The number of piperidine rings is 1. The van der Waals surface area contributed by atoms with Gasteiger partial charge in [-0.1, -0.05) is 0 Å². The van der Waals surface area contributed by atoms with Gasteiger partial charge in [-0.3, -0.25) is 4.79 Å². The van der Waals surface area contributed by atoms with Crippen LogP contribution in [0.3, 0.4) is 0 Å². The van der Waals surface area contributed by atoms with Crippen LogP contribution in [0.2, 0.25) is 0 Å². The molecule has 1 aliphatic rings. The van der Waals surface area contributed by atoms with Crippen molar-refractivity contribution in [2.24, 2.45) is 5.92 Å². The summed E-state index contributed by atoms with van der Waals surface area (Å²) >= 11 is 0. The molecule has 0 unspecified atom stereocenters. The lowest BCUT2D eigenvalue weighted by Gasteiger charge is -2.29. The smallest absolute Gasteiger partial charge is 0.383 e. The number of nitrogens with one attached hydrogen (secondary N) is 2. The molecule has 1 fully saturated rings. The van der Waals surface area contributed by atoms with Crippen LogP contribution >= 0.6 is 0 Å². The number of anilines is 3. The van der Waals surface area contributed by atoms with Gasteiger partial charge in [0, 0.05) is 32.8 Å². The van der Waals surface area contributed by atoms with Gasteiger partial charge in [0.05, 0.1) is 23.7 Å². The number of amides is 1. The zero-order valence-corrected chi connectivity index (χ0v) is 20.1. The van der Waals surface area contributed by atoms with Gasteiger partial charge in [0.2, 0.25) is 6.41 Å². The Morgan fingerprint density at radius 1 is 1.17 bits per heavy atom. The Hall–Kier alpha value is -3.53. The zero-order valence-electron chi connectivity index (χ0n) is 20.1. The highest BCUT2D eigenvalue weighted by molar-refractivity contribution is 5.60. The largest absolute Gasteiger partial charge is 0.437 e. The second-order valence-electron chi connectivity index (χ2n) is 8.80. The van der Waals surface area contributed by atoms with Crippen LogP contribution in [-0.2, 0) is 15.7 Å². The van der Waals surface area contributed by atoms with E-state index in [9.17, 15) is 18.0 Å². The highest BCUT2D eigenvalue weighted by Crippen LogP contribution is 2.34. The van der Waals surface area contributed by atoms with Gasteiger partial charge >= 0.3 is 6.18 Å². The number of halogens is 3. The first-order valence-corrected chi connectivity index (χ1v) is 10.9. The summed E-state index contributed by atoms with van der Waals surface area (Å²) in [5.41, 5.74) is -1.16. The number of carbonyl (C=O) groups excluding carboxylic acids is 1. The molecule has 1 saturated heterocycles. The molecule has 13 heteroatoms. The molecule has 0 radical (unpaired) electrons. The topological polar surface area (TPSA) is 129 Å². The quantitative estimate of drug-likeness (QED) is 0.579. The highest BCUT2D eigenvalue weighted by Gasteiger charge is 2.36. The van der Waals surface area contributed by atoms with Gasteiger partial charge in [0.15, 0.2) is 17.2 Å². The molecular weight excluding hydrogens is 465 g/mol. The van der Waals surface area contributed by atoms with Crippen LogP contribution in [0, 0.1) is 17.2 Å². The molecule has 0 atom stereocenters. The van der Waals surface area contributed by atoms with Crippen molar-refractivity contribution < 1.29 is 22.7 Å². The molecule has 0 saturated carbocycles. The number of alkyl halides is 3. The van der Waals surface area contributed by atoms with Crippen LogP contribution in [0.25, 0.3) is 0 Å². The van der Waals surface area contributed by atoms with E-state index >= 15 is 0 Å². The molecule has 0 aliphatic carbocycles. The van der Waals surface area contributed by atoms with Crippen molar-refractivity contribution in [1.82, 2.24) is 25.1 Å². The monoisotopic (exact) mass is 494 g/mol. The predicted molar refractivity (Wildman–Crippen MR) is 123 cm³/mol. The standard InChI is InChI=1S/C17H17F3N8O.C5H12O/c18-17(19,20)16-13(23-7-11-1-3-28(10-29)4-2-11)5-14(26-27-16)25-15-9-22-12(6-21)8-24-15;1-5(2,3)6-4/h5,8-11H,1-4,7H2,(H2,23,24,25,26);1-4H3. The lowest BCUT2D eigenvalue weighted by atomic mass is 9.97. The SMILES string of the molecule is COC(C)(C)C.N#Cc1cnc(Nc2cc(NCC3CCN(C=O)CC3)c(C(F)(F)F)nn2)cn1. The van der Waals surface area contributed by atoms with Crippen molar-refractivity contribution in [1.29, 1.82) is 5.26 Å². The Balaban J connectivity index is 0.000000641. The first kappa shape index (κ1) is 27.7. The summed E-state index contributed by atoms with van der Waals surface area (Å²) in [5, 5.41) is 21.1. The molecule has 190 valence electrons. The van der Waals surface area contributed by atoms with Crippen molar-refractivity contribution in [2.75, 3.05) is 37.4 Å². The lowest BCUT2D eigenvalue weighted by molar-refractivity contribution is -0.141. The predicted octanol–water partition coefficient (Wildman–Crippen LogP) is 3.61. The minimum Gasteiger partial charge on any atom is -0.383 e. The summed E-state index contributed by atoms with van der Waals surface area (Å²) in [6.07, 6.45) is 0.0246. The summed E-state index contributed by atoms with van der Waals surface area (Å²) in [6.45, 7) is 7.55. The molecule has 0 spiro atoms. The number of likely N-dealkylation sites (tertiary alicyclic amines) is 1. The van der Waals surface area contributed by atoms with Crippen molar-refractivity contribution in [2.45, 2.75) is 45.4 Å². The molecule has 3 rings (SSSR count). The zero-order chi connectivity index (χ0) is 26.1. The van der Waals surface area contributed by atoms with Crippen molar-refractivity contribution in [3.63, 3.8) is 0 Å². The number of nitrogens with zero attached hydrogens (tertiary/aromatic N) is 6. The lowest BCUT2D eigenvalue weighted by Crippen LogP contribution is -2.35. The maximum Gasteiger partial charge on any atom is 0.437 e. The van der Waals surface area contributed by atoms with Gasteiger partial charge in [-0.25, -0.2) is 9.97 Å². The fourth-order valence-electron chi connectivity index (χ4n) is 2.90. The average molecular weight is 495 g/mol. The van der Waals surface area contributed by atoms with E-state index in [0.29, 0.717) is 32.5 Å². The summed E-state index contributed by atoms with van der Waals surface area (Å²) in [7, 11) is 1.71. The van der Waals surface area contributed by atoms with E-state index in [1.54, 1.807) is 12.0 Å². The van der Waals surface area contributed by atoms with Gasteiger partial charge in [-0.2, -0.15) is 18.4 Å². The number of rotatable bonds is 6. The summed E-state index contributed by atoms with van der Waals surface area (Å²) < 4.78 is 44.8. The molecule has 0 aromatic carbocycles. The Morgan fingerprint density at radius 2 is 1.83 bits per heavy atom. The van der Waals surface area contributed by atoms with E-state index in [1.807, 2.05) is 26.8 Å². The van der Waals surface area contributed by atoms with Crippen LogP contribution in [0.5, 0.6) is 0 Å².